The molecule has 0 spiro atoms. The Hall–Kier alpha value is -3.68. The molecular formula is C27H31N3O5. The van der Waals surface area contributed by atoms with E-state index in [9.17, 15) is 4.79 Å². The fraction of sp³-hybridized carbons (Fsp3) is 0.407. The second kappa shape index (κ2) is 9.90. The predicted octanol–water partition coefficient (Wildman–Crippen LogP) is 4.75. The van der Waals surface area contributed by atoms with Crippen molar-refractivity contribution in [2.45, 2.75) is 50.7 Å². The first kappa shape index (κ1) is 23.1. The topological polar surface area (TPSA) is 83.8 Å². The van der Waals surface area contributed by atoms with E-state index < -0.39 is 0 Å². The summed E-state index contributed by atoms with van der Waals surface area (Å²) in [5.74, 6) is 3.41. The Kier molecular flexibility index (Phi) is 6.53. The maximum Gasteiger partial charge on any atom is 0.226 e. The average molecular weight is 478 g/mol. The van der Waals surface area contributed by atoms with Crippen LogP contribution < -0.4 is 24.3 Å². The van der Waals surface area contributed by atoms with E-state index >= 15 is 0 Å². The Morgan fingerprint density at radius 3 is 2.51 bits per heavy atom. The van der Waals surface area contributed by atoms with Gasteiger partial charge < -0.3 is 24.3 Å². The fourth-order valence-corrected chi connectivity index (χ4v) is 5.02. The number of amides is 1. The Morgan fingerprint density at radius 1 is 0.971 bits per heavy atom. The van der Waals surface area contributed by atoms with Crippen LogP contribution in [-0.2, 0) is 11.3 Å². The van der Waals surface area contributed by atoms with Gasteiger partial charge in [-0.1, -0.05) is 6.07 Å². The molecule has 1 aliphatic carbocycles. The van der Waals surface area contributed by atoms with Gasteiger partial charge >= 0.3 is 0 Å². The molecule has 1 saturated carbocycles. The van der Waals surface area contributed by atoms with E-state index in [1.807, 2.05) is 47.3 Å². The number of hydrogen-bond acceptors (Lipinski definition) is 6. The van der Waals surface area contributed by atoms with Gasteiger partial charge in [0, 0.05) is 29.5 Å². The van der Waals surface area contributed by atoms with Crippen LogP contribution in [0.25, 0.3) is 0 Å². The van der Waals surface area contributed by atoms with E-state index in [-0.39, 0.29) is 17.9 Å². The average Bonchev–Trinajstić information content (AvgIpc) is 3.54. The lowest BCUT2D eigenvalue weighted by Crippen LogP contribution is -2.25. The summed E-state index contributed by atoms with van der Waals surface area (Å²) in [5, 5.41) is 7.64. The number of nitrogens with one attached hydrogen (secondary N) is 1. The van der Waals surface area contributed by atoms with Gasteiger partial charge in [-0.25, -0.2) is 4.68 Å². The maximum absolute atomic E-state index is 12.8. The van der Waals surface area contributed by atoms with Crippen LogP contribution >= 0.6 is 0 Å². The van der Waals surface area contributed by atoms with Gasteiger partial charge in [0.05, 0.1) is 40.2 Å². The molecule has 184 valence electrons. The van der Waals surface area contributed by atoms with Crippen LogP contribution in [0.2, 0.25) is 0 Å². The molecule has 0 bridgehead atoms. The third kappa shape index (κ3) is 4.65. The SMILES string of the molecule is COc1ccc(Cn2ncc3c2NC(=O)CC3c2ccc(OC)c(OC3CCCC3)c2)c(OC)c1. The van der Waals surface area contributed by atoms with E-state index in [1.54, 1.807) is 21.3 Å². The summed E-state index contributed by atoms with van der Waals surface area (Å²) in [6.07, 6.45) is 6.91. The van der Waals surface area contributed by atoms with Gasteiger partial charge in [0.15, 0.2) is 11.5 Å². The number of carbonyl (C=O) groups is 1. The highest BCUT2D eigenvalue weighted by Gasteiger charge is 2.31. The fourth-order valence-electron chi connectivity index (χ4n) is 5.02. The van der Waals surface area contributed by atoms with Crippen molar-refractivity contribution < 1.29 is 23.7 Å². The van der Waals surface area contributed by atoms with Crippen molar-refractivity contribution in [2.75, 3.05) is 26.6 Å². The highest BCUT2D eigenvalue weighted by atomic mass is 16.5. The van der Waals surface area contributed by atoms with Crippen LogP contribution in [0.4, 0.5) is 5.82 Å². The molecule has 0 saturated heterocycles. The van der Waals surface area contributed by atoms with Gasteiger partial charge in [0.2, 0.25) is 5.91 Å². The van der Waals surface area contributed by atoms with Crippen molar-refractivity contribution in [1.29, 1.82) is 0 Å². The summed E-state index contributed by atoms with van der Waals surface area (Å²) in [7, 11) is 4.90. The minimum atomic E-state index is -0.123. The zero-order valence-corrected chi connectivity index (χ0v) is 20.4. The van der Waals surface area contributed by atoms with Gasteiger partial charge in [0.25, 0.3) is 0 Å². The molecule has 1 unspecified atom stereocenters. The van der Waals surface area contributed by atoms with Crippen molar-refractivity contribution in [3.8, 4) is 23.0 Å². The molecule has 3 aromatic rings. The van der Waals surface area contributed by atoms with E-state index in [4.69, 9.17) is 18.9 Å². The maximum atomic E-state index is 12.8. The molecule has 1 aliphatic heterocycles. The second-order valence-electron chi connectivity index (χ2n) is 9.02. The number of hydrogen-bond donors (Lipinski definition) is 1. The molecule has 1 atom stereocenters. The first-order valence-electron chi connectivity index (χ1n) is 12.0. The molecule has 5 rings (SSSR count). The number of aromatic nitrogens is 2. The molecule has 2 aromatic carbocycles. The lowest BCUT2D eigenvalue weighted by atomic mass is 9.87. The smallest absolute Gasteiger partial charge is 0.226 e. The van der Waals surface area contributed by atoms with Crippen LogP contribution in [0.1, 0.15) is 54.7 Å². The number of fused-ring (bicyclic) bond motifs is 1. The lowest BCUT2D eigenvalue weighted by Gasteiger charge is -2.25. The number of nitrogens with zero attached hydrogens (tertiary/aromatic N) is 2. The summed E-state index contributed by atoms with van der Waals surface area (Å²) < 4.78 is 24.5. The van der Waals surface area contributed by atoms with Crippen molar-refractivity contribution in [2.24, 2.45) is 0 Å². The molecule has 2 aliphatic rings. The van der Waals surface area contributed by atoms with E-state index in [0.717, 1.165) is 41.0 Å². The van der Waals surface area contributed by atoms with E-state index in [1.165, 1.54) is 12.8 Å². The van der Waals surface area contributed by atoms with Crippen molar-refractivity contribution >= 4 is 11.7 Å². The summed E-state index contributed by atoms with van der Waals surface area (Å²) >= 11 is 0. The van der Waals surface area contributed by atoms with E-state index in [2.05, 4.69) is 10.4 Å². The normalized spacial score (nSPS) is 17.6. The van der Waals surface area contributed by atoms with Crippen LogP contribution in [0.15, 0.2) is 42.6 Å². The Labute approximate surface area is 205 Å². The molecule has 8 heteroatoms. The first-order valence-corrected chi connectivity index (χ1v) is 12.0. The van der Waals surface area contributed by atoms with Crippen LogP contribution in [0.3, 0.4) is 0 Å². The molecule has 0 radical (unpaired) electrons. The quantitative estimate of drug-likeness (QED) is 0.504. The predicted molar refractivity (Wildman–Crippen MR) is 132 cm³/mol. The number of carbonyl (C=O) groups excluding carboxylic acids is 1. The van der Waals surface area contributed by atoms with Crippen LogP contribution in [-0.4, -0.2) is 43.1 Å². The number of ether oxygens (including phenoxy) is 4. The minimum Gasteiger partial charge on any atom is -0.497 e. The van der Waals surface area contributed by atoms with Gasteiger partial charge in [0.1, 0.15) is 17.3 Å². The largest absolute Gasteiger partial charge is 0.497 e. The number of anilines is 1. The lowest BCUT2D eigenvalue weighted by molar-refractivity contribution is -0.116. The third-order valence-electron chi connectivity index (χ3n) is 6.89. The molecular weight excluding hydrogens is 446 g/mol. The first-order chi connectivity index (χ1) is 17.1. The van der Waals surface area contributed by atoms with Crippen molar-refractivity contribution in [3.05, 3.63) is 59.3 Å². The Balaban J connectivity index is 1.46. The van der Waals surface area contributed by atoms with Gasteiger partial charge in [-0.05, 0) is 55.5 Å². The molecule has 2 heterocycles. The zero-order valence-electron chi connectivity index (χ0n) is 20.4. The Morgan fingerprint density at radius 2 is 1.77 bits per heavy atom. The standard InChI is InChI=1S/C27H31N3O5/c1-32-20-10-8-18(24(13-20)34-3)16-30-27-22(15-28-30)21(14-26(31)29-27)17-9-11-23(33-2)25(12-17)35-19-6-4-5-7-19/h8-13,15,19,21H,4-7,14,16H2,1-3H3,(H,29,31). The third-order valence-corrected chi connectivity index (χ3v) is 6.89. The molecule has 1 fully saturated rings. The highest BCUT2D eigenvalue weighted by molar-refractivity contribution is 5.94. The number of benzene rings is 2. The Bertz CT molecular complexity index is 1220. The molecule has 35 heavy (non-hydrogen) atoms. The number of methoxy groups -OCH3 is 3. The highest BCUT2D eigenvalue weighted by Crippen LogP contribution is 2.41. The van der Waals surface area contributed by atoms with Gasteiger partial charge in [-0.15, -0.1) is 0 Å². The molecule has 1 N–H and O–H groups in total. The van der Waals surface area contributed by atoms with Gasteiger partial charge in [-0.2, -0.15) is 5.10 Å². The monoisotopic (exact) mass is 477 g/mol. The van der Waals surface area contributed by atoms with Crippen LogP contribution in [0, 0.1) is 0 Å². The van der Waals surface area contributed by atoms with Gasteiger partial charge in [-0.3, -0.25) is 4.79 Å². The summed E-state index contributed by atoms with van der Waals surface area (Å²) in [5.41, 5.74) is 2.93. The van der Waals surface area contributed by atoms with Crippen molar-refractivity contribution in [1.82, 2.24) is 9.78 Å². The van der Waals surface area contributed by atoms with E-state index in [0.29, 0.717) is 30.3 Å². The zero-order chi connectivity index (χ0) is 24.4. The number of rotatable bonds is 8. The second-order valence-corrected chi connectivity index (χ2v) is 9.02. The molecule has 8 nitrogen and oxygen atoms in total. The van der Waals surface area contributed by atoms with Crippen molar-refractivity contribution in [3.63, 3.8) is 0 Å². The summed E-state index contributed by atoms with van der Waals surface area (Å²) in [6, 6.07) is 11.6. The molecule has 1 amide bonds. The minimum absolute atomic E-state index is 0.0416. The van der Waals surface area contributed by atoms with Crippen LogP contribution in [0.5, 0.6) is 23.0 Å². The molecule has 1 aromatic heterocycles. The summed E-state index contributed by atoms with van der Waals surface area (Å²) in [4.78, 5) is 12.8. The summed E-state index contributed by atoms with van der Waals surface area (Å²) in [6.45, 7) is 0.453.